The van der Waals surface area contributed by atoms with Crippen molar-refractivity contribution < 1.29 is 14.3 Å². The molecule has 2 amide bonds. The highest BCUT2D eigenvalue weighted by atomic mass is 32.2. The minimum atomic E-state index is -0.508. The van der Waals surface area contributed by atoms with Gasteiger partial charge in [0.1, 0.15) is 5.75 Å². The molecule has 0 radical (unpaired) electrons. The van der Waals surface area contributed by atoms with Gasteiger partial charge in [0.05, 0.1) is 23.4 Å². The van der Waals surface area contributed by atoms with Gasteiger partial charge < -0.3 is 15.8 Å². The SMILES string of the molecule is COc1ccc2c(-c3ccccc3)cc(SCC(=O)Nc3ccc(C(N)=O)cc3)nc2c1. The molecular formula is C25H21N3O3S. The van der Waals surface area contributed by atoms with Crippen molar-refractivity contribution in [3.8, 4) is 16.9 Å². The van der Waals surface area contributed by atoms with Crippen LogP contribution in [0.1, 0.15) is 10.4 Å². The number of rotatable bonds is 7. The Morgan fingerprint density at radius 1 is 1.00 bits per heavy atom. The number of methoxy groups -OCH3 is 1. The van der Waals surface area contributed by atoms with Gasteiger partial charge in [-0.1, -0.05) is 42.1 Å². The molecule has 0 saturated heterocycles. The van der Waals surface area contributed by atoms with E-state index >= 15 is 0 Å². The van der Waals surface area contributed by atoms with Crippen molar-refractivity contribution in [2.24, 2.45) is 5.73 Å². The number of aromatic nitrogens is 1. The van der Waals surface area contributed by atoms with Crippen molar-refractivity contribution in [1.29, 1.82) is 0 Å². The van der Waals surface area contributed by atoms with Gasteiger partial charge in [-0.2, -0.15) is 0 Å². The molecule has 3 N–H and O–H groups in total. The lowest BCUT2D eigenvalue weighted by atomic mass is 10.0. The number of carbonyl (C=O) groups excluding carboxylic acids is 2. The van der Waals surface area contributed by atoms with Crippen LogP contribution >= 0.6 is 11.8 Å². The van der Waals surface area contributed by atoms with Gasteiger partial charge in [-0.15, -0.1) is 0 Å². The maximum Gasteiger partial charge on any atom is 0.248 e. The molecule has 3 aromatic carbocycles. The van der Waals surface area contributed by atoms with Gasteiger partial charge >= 0.3 is 0 Å². The maximum atomic E-state index is 12.5. The largest absolute Gasteiger partial charge is 0.497 e. The number of carbonyl (C=O) groups is 2. The Kier molecular flexibility index (Phi) is 6.37. The molecule has 4 rings (SSSR count). The molecule has 6 nitrogen and oxygen atoms in total. The molecule has 0 spiro atoms. The summed E-state index contributed by atoms with van der Waals surface area (Å²) in [6, 6.07) is 24.3. The first-order valence-corrected chi connectivity index (χ1v) is 10.9. The average Bonchev–Trinajstić information content (AvgIpc) is 2.82. The van der Waals surface area contributed by atoms with Crippen molar-refractivity contribution >= 4 is 40.2 Å². The molecule has 1 aromatic heterocycles. The summed E-state index contributed by atoms with van der Waals surface area (Å²) in [5.74, 6) is 0.236. The number of amides is 2. The minimum Gasteiger partial charge on any atom is -0.497 e. The van der Waals surface area contributed by atoms with Gasteiger partial charge in [-0.25, -0.2) is 4.98 Å². The van der Waals surface area contributed by atoms with E-state index in [1.807, 2.05) is 42.5 Å². The zero-order chi connectivity index (χ0) is 22.5. The van der Waals surface area contributed by atoms with E-state index in [0.29, 0.717) is 11.3 Å². The van der Waals surface area contributed by atoms with Gasteiger partial charge in [-0.05, 0) is 53.6 Å². The second kappa shape index (κ2) is 9.53. The highest BCUT2D eigenvalue weighted by Gasteiger charge is 2.12. The van der Waals surface area contributed by atoms with E-state index in [1.165, 1.54) is 11.8 Å². The number of primary amides is 1. The Hall–Kier alpha value is -3.84. The van der Waals surface area contributed by atoms with Crippen LogP contribution < -0.4 is 15.8 Å². The predicted octanol–water partition coefficient (Wildman–Crippen LogP) is 4.74. The maximum absolute atomic E-state index is 12.5. The first kappa shape index (κ1) is 21.4. The minimum absolute atomic E-state index is 0.171. The number of nitrogens with one attached hydrogen (secondary N) is 1. The average molecular weight is 444 g/mol. The van der Waals surface area contributed by atoms with E-state index in [0.717, 1.165) is 32.8 Å². The van der Waals surface area contributed by atoms with Crippen molar-refractivity contribution in [3.63, 3.8) is 0 Å². The molecule has 7 heteroatoms. The number of thioether (sulfide) groups is 1. The monoisotopic (exact) mass is 443 g/mol. The zero-order valence-electron chi connectivity index (χ0n) is 17.4. The molecule has 0 aliphatic rings. The summed E-state index contributed by atoms with van der Waals surface area (Å²) in [5.41, 5.74) is 9.15. The molecule has 1 heterocycles. The smallest absolute Gasteiger partial charge is 0.248 e. The third-order valence-electron chi connectivity index (χ3n) is 4.88. The number of nitrogens with two attached hydrogens (primary N) is 1. The molecule has 0 bridgehead atoms. The second-order valence-electron chi connectivity index (χ2n) is 7.04. The molecule has 4 aromatic rings. The molecule has 32 heavy (non-hydrogen) atoms. The summed E-state index contributed by atoms with van der Waals surface area (Å²) in [4.78, 5) is 28.4. The summed E-state index contributed by atoms with van der Waals surface area (Å²) in [6.07, 6.45) is 0. The fraction of sp³-hybridized carbons (Fsp3) is 0.0800. The fourth-order valence-electron chi connectivity index (χ4n) is 3.30. The summed E-state index contributed by atoms with van der Waals surface area (Å²) in [6.45, 7) is 0. The van der Waals surface area contributed by atoms with Crippen LogP contribution in [0.2, 0.25) is 0 Å². The quantitative estimate of drug-likeness (QED) is 0.402. The molecule has 0 atom stereocenters. The number of nitrogens with zero attached hydrogens (tertiary/aromatic N) is 1. The van der Waals surface area contributed by atoms with Crippen LogP contribution in [0.5, 0.6) is 5.75 Å². The van der Waals surface area contributed by atoms with Crippen LogP contribution in [0.4, 0.5) is 5.69 Å². The summed E-state index contributed by atoms with van der Waals surface area (Å²) in [5, 5.41) is 4.57. The summed E-state index contributed by atoms with van der Waals surface area (Å²) in [7, 11) is 1.62. The lowest BCUT2D eigenvalue weighted by molar-refractivity contribution is -0.113. The van der Waals surface area contributed by atoms with Crippen molar-refractivity contribution in [1.82, 2.24) is 4.98 Å². The van der Waals surface area contributed by atoms with Crippen LogP contribution in [0.15, 0.2) is 83.9 Å². The fourth-order valence-corrected chi connectivity index (χ4v) is 4.01. The first-order chi connectivity index (χ1) is 15.5. The molecular weight excluding hydrogens is 422 g/mol. The van der Waals surface area contributed by atoms with E-state index < -0.39 is 5.91 Å². The van der Waals surface area contributed by atoms with Gasteiger partial charge in [0.15, 0.2) is 0 Å². The molecule has 0 fully saturated rings. The number of ether oxygens (including phenoxy) is 1. The van der Waals surface area contributed by atoms with Gasteiger partial charge in [0.25, 0.3) is 0 Å². The number of pyridine rings is 1. The van der Waals surface area contributed by atoms with Crippen molar-refractivity contribution in [2.75, 3.05) is 18.2 Å². The van der Waals surface area contributed by atoms with Crippen molar-refractivity contribution in [2.45, 2.75) is 5.03 Å². The Labute approximate surface area is 189 Å². The number of fused-ring (bicyclic) bond motifs is 1. The van der Waals surface area contributed by atoms with Gasteiger partial charge in [0.2, 0.25) is 11.8 Å². The standard InChI is InChI=1S/C25H21N3O3S/c1-31-19-11-12-20-21(16-5-3-2-4-6-16)14-24(28-22(20)13-19)32-15-23(29)27-18-9-7-17(8-10-18)25(26)30/h2-14H,15H2,1H3,(H2,26,30)(H,27,29). The summed E-state index contributed by atoms with van der Waals surface area (Å²) < 4.78 is 5.36. The second-order valence-corrected chi connectivity index (χ2v) is 8.03. The number of benzene rings is 3. The zero-order valence-corrected chi connectivity index (χ0v) is 18.2. The molecule has 0 saturated carbocycles. The number of hydrogen-bond donors (Lipinski definition) is 2. The highest BCUT2D eigenvalue weighted by Crippen LogP contribution is 2.33. The van der Waals surface area contributed by atoms with Crippen LogP contribution in [-0.4, -0.2) is 29.7 Å². The Balaban J connectivity index is 1.55. The van der Waals surface area contributed by atoms with Crippen LogP contribution in [0.25, 0.3) is 22.0 Å². The lowest BCUT2D eigenvalue weighted by Crippen LogP contribution is -2.15. The third-order valence-corrected chi connectivity index (χ3v) is 5.79. The highest BCUT2D eigenvalue weighted by molar-refractivity contribution is 7.99. The Morgan fingerprint density at radius 3 is 2.44 bits per heavy atom. The topological polar surface area (TPSA) is 94.3 Å². The summed E-state index contributed by atoms with van der Waals surface area (Å²) >= 11 is 1.35. The van der Waals surface area contributed by atoms with E-state index in [9.17, 15) is 9.59 Å². The van der Waals surface area contributed by atoms with E-state index in [2.05, 4.69) is 17.4 Å². The normalized spacial score (nSPS) is 10.7. The van der Waals surface area contributed by atoms with Crippen LogP contribution in [0.3, 0.4) is 0 Å². The number of anilines is 1. The van der Waals surface area contributed by atoms with Gasteiger partial charge in [-0.3, -0.25) is 9.59 Å². The Morgan fingerprint density at radius 2 is 1.75 bits per heavy atom. The molecule has 160 valence electrons. The Bertz CT molecular complexity index is 1280. The molecule has 0 unspecified atom stereocenters. The van der Waals surface area contributed by atoms with Crippen LogP contribution in [0, 0.1) is 0 Å². The van der Waals surface area contributed by atoms with E-state index in [4.69, 9.17) is 15.5 Å². The third kappa shape index (κ3) is 4.90. The van der Waals surface area contributed by atoms with Gasteiger partial charge in [0, 0.05) is 22.7 Å². The lowest BCUT2D eigenvalue weighted by Gasteiger charge is -2.11. The van der Waals surface area contributed by atoms with Crippen molar-refractivity contribution in [3.05, 3.63) is 84.4 Å². The van der Waals surface area contributed by atoms with Crippen LogP contribution in [-0.2, 0) is 4.79 Å². The van der Waals surface area contributed by atoms with E-state index in [1.54, 1.807) is 31.4 Å². The van der Waals surface area contributed by atoms with E-state index in [-0.39, 0.29) is 11.7 Å². The predicted molar refractivity (Wildman–Crippen MR) is 128 cm³/mol. The first-order valence-electron chi connectivity index (χ1n) is 9.90. The molecule has 0 aliphatic carbocycles. The molecule has 0 aliphatic heterocycles. The number of hydrogen-bond acceptors (Lipinski definition) is 5.